The van der Waals surface area contributed by atoms with E-state index in [1.54, 1.807) is 0 Å². The van der Waals surface area contributed by atoms with Crippen molar-refractivity contribution in [1.82, 2.24) is 14.5 Å². The van der Waals surface area contributed by atoms with Gasteiger partial charge < -0.3 is 24.3 Å². The van der Waals surface area contributed by atoms with Crippen LogP contribution < -0.4 is 5.32 Å². The molecular formula is C25H19N3O3. The maximum Gasteiger partial charge on any atom is 0.252 e. The van der Waals surface area contributed by atoms with E-state index in [1.807, 2.05) is 31.2 Å². The highest BCUT2D eigenvalue weighted by Crippen LogP contribution is 2.54. The van der Waals surface area contributed by atoms with Gasteiger partial charge in [0, 0.05) is 34.5 Å². The van der Waals surface area contributed by atoms with Gasteiger partial charge in [0.05, 0.1) is 27.6 Å². The molecule has 6 heteroatoms. The average molecular weight is 409 g/mol. The van der Waals surface area contributed by atoms with Crippen molar-refractivity contribution >= 4 is 49.5 Å². The molecule has 31 heavy (non-hydrogen) atoms. The third-order valence-corrected chi connectivity index (χ3v) is 7.48. The largest absolute Gasteiger partial charge is 0.385 e. The maximum atomic E-state index is 13.1. The number of rotatable bonds is 0. The second kappa shape index (κ2) is 4.93. The summed E-state index contributed by atoms with van der Waals surface area (Å²) in [6, 6.07) is 16.5. The number of carbonyl (C=O) groups is 1. The van der Waals surface area contributed by atoms with E-state index >= 15 is 0 Å². The van der Waals surface area contributed by atoms with Gasteiger partial charge in [-0.15, -0.1) is 0 Å². The van der Waals surface area contributed by atoms with Crippen molar-refractivity contribution in [2.24, 2.45) is 0 Å². The highest BCUT2D eigenvalue weighted by atomic mass is 16.6. The van der Waals surface area contributed by atoms with Crippen LogP contribution in [0.4, 0.5) is 0 Å². The van der Waals surface area contributed by atoms with Crippen LogP contribution >= 0.6 is 0 Å². The third-order valence-electron chi connectivity index (χ3n) is 7.48. The topological polar surface area (TPSA) is 68.4 Å². The standard InChI is InChI=1S/C25H19N3O3/c1-25(30)10-17-27-15-8-4-3-7-13(15)19-20-14(11-26-23(20)29)18-12-6-2-5-9-16(12)28(24(25)31-17)21(18)22(19)27/h2-9,17,24,30H,10-11H2,1H3,(H,26,29). The summed E-state index contributed by atoms with van der Waals surface area (Å²) >= 11 is 0. The number of aromatic nitrogens is 2. The number of amides is 1. The molecular weight excluding hydrogens is 390 g/mol. The molecule has 0 spiro atoms. The number of benzene rings is 3. The van der Waals surface area contributed by atoms with Crippen LogP contribution in [0.1, 0.15) is 41.7 Å². The number of fused-ring (bicyclic) bond motifs is 13. The van der Waals surface area contributed by atoms with Crippen LogP contribution in [-0.4, -0.2) is 25.7 Å². The van der Waals surface area contributed by atoms with Crippen LogP contribution in [0.3, 0.4) is 0 Å². The normalized spacial score (nSPS) is 26.5. The van der Waals surface area contributed by atoms with Gasteiger partial charge in [0.1, 0.15) is 11.8 Å². The number of aliphatic hydroxyl groups is 1. The Labute approximate surface area is 176 Å². The zero-order valence-electron chi connectivity index (χ0n) is 16.8. The lowest BCUT2D eigenvalue weighted by molar-refractivity contribution is -0.0860. The third kappa shape index (κ3) is 1.66. The smallest absolute Gasteiger partial charge is 0.252 e. The van der Waals surface area contributed by atoms with Crippen LogP contribution in [0.5, 0.6) is 0 Å². The summed E-state index contributed by atoms with van der Waals surface area (Å²) in [6.07, 6.45) is -0.307. The zero-order valence-corrected chi connectivity index (χ0v) is 16.8. The monoisotopic (exact) mass is 409 g/mol. The SMILES string of the molecule is CC1(O)CC2OC1n1c3ccccc3c3c4c(c5c6ccccc6n2c5c31)C(=O)NC4. The molecule has 3 aliphatic heterocycles. The van der Waals surface area contributed by atoms with E-state index in [9.17, 15) is 9.90 Å². The number of hydrogen-bond donors (Lipinski definition) is 2. The Morgan fingerprint density at radius 3 is 2.42 bits per heavy atom. The van der Waals surface area contributed by atoms with Gasteiger partial charge in [0.15, 0.2) is 6.23 Å². The number of ether oxygens (including phenoxy) is 1. The molecule has 5 aromatic rings. The predicted molar refractivity (Wildman–Crippen MR) is 118 cm³/mol. The predicted octanol–water partition coefficient (Wildman–Crippen LogP) is 4.33. The second-order valence-electron chi connectivity index (χ2n) is 9.26. The van der Waals surface area contributed by atoms with Crippen molar-refractivity contribution in [2.45, 2.75) is 37.9 Å². The first kappa shape index (κ1) is 16.4. The van der Waals surface area contributed by atoms with Gasteiger partial charge in [-0.05, 0) is 24.6 Å². The molecule has 8 rings (SSSR count). The maximum absolute atomic E-state index is 13.1. The first-order valence-corrected chi connectivity index (χ1v) is 10.7. The zero-order chi connectivity index (χ0) is 20.6. The number of nitrogens with one attached hydrogen (secondary N) is 1. The highest BCUT2D eigenvalue weighted by Gasteiger charge is 2.50. The molecule has 1 amide bonds. The van der Waals surface area contributed by atoms with Gasteiger partial charge in [-0.25, -0.2) is 0 Å². The molecule has 3 unspecified atom stereocenters. The Balaban J connectivity index is 1.79. The van der Waals surface area contributed by atoms with Crippen molar-refractivity contribution < 1.29 is 14.6 Å². The van der Waals surface area contributed by atoms with Crippen molar-refractivity contribution in [2.75, 3.05) is 0 Å². The summed E-state index contributed by atoms with van der Waals surface area (Å²) in [6.45, 7) is 2.38. The van der Waals surface area contributed by atoms with E-state index in [0.717, 1.165) is 54.7 Å². The van der Waals surface area contributed by atoms with Crippen LogP contribution in [-0.2, 0) is 11.3 Å². The molecule has 6 nitrogen and oxygen atoms in total. The Kier molecular flexibility index (Phi) is 2.60. The van der Waals surface area contributed by atoms with E-state index in [4.69, 9.17) is 4.74 Å². The van der Waals surface area contributed by atoms with Crippen molar-refractivity contribution in [3.63, 3.8) is 0 Å². The van der Waals surface area contributed by atoms with Crippen LogP contribution in [0.2, 0.25) is 0 Å². The van der Waals surface area contributed by atoms with Crippen molar-refractivity contribution in [1.29, 1.82) is 0 Å². The Morgan fingerprint density at radius 1 is 1.00 bits per heavy atom. The summed E-state index contributed by atoms with van der Waals surface area (Å²) in [7, 11) is 0. The van der Waals surface area contributed by atoms with E-state index in [2.05, 4.69) is 38.7 Å². The molecule has 3 atom stereocenters. The molecule has 0 radical (unpaired) electrons. The molecule has 3 aromatic carbocycles. The lowest BCUT2D eigenvalue weighted by Gasteiger charge is -2.26. The van der Waals surface area contributed by atoms with Gasteiger partial charge in [0.25, 0.3) is 5.91 Å². The van der Waals surface area contributed by atoms with Crippen LogP contribution in [0, 0.1) is 0 Å². The second-order valence-corrected chi connectivity index (χ2v) is 9.26. The lowest BCUT2D eigenvalue weighted by Crippen LogP contribution is -2.32. The van der Waals surface area contributed by atoms with E-state index in [1.165, 1.54) is 0 Å². The van der Waals surface area contributed by atoms with E-state index in [0.29, 0.717) is 13.0 Å². The summed E-state index contributed by atoms with van der Waals surface area (Å²) in [5.74, 6) is -0.0149. The molecule has 2 aromatic heterocycles. The molecule has 5 heterocycles. The molecule has 0 aliphatic carbocycles. The minimum Gasteiger partial charge on any atom is -0.385 e. The minimum atomic E-state index is -1.01. The summed E-state index contributed by atoms with van der Waals surface area (Å²) in [5, 5.41) is 18.7. The van der Waals surface area contributed by atoms with E-state index < -0.39 is 11.8 Å². The molecule has 3 aliphatic rings. The van der Waals surface area contributed by atoms with Gasteiger partial charge in [-0.1, -0.05) is 36.4 Å². The fourth-order valence-corrected chi connectivity index (χ4v) is 6.34. The average Bonchev–Trinajstić information content (AvgIpc) is 3.44. The summed E-state index contributed by atoms with van der Waals surface area (Å²) < 4.78 is 11.0. The van der Waals surface area contributed by atoms with Crippen molar-refractivity contribution in [3.05, 3.63) is 59.7 Å². The van der Waals surface area contributed by atoms with Crippen LogP contribution in [0.15, 0.2) is 48.5 Å². The fourth-order valence-electron chi connectivity index (χ4n) is 6.34. The Morgan fingerprint density at radius 2 is 1.65 bits per heavy atom. The Hall–Kier alpha value is -3.35. The molecule has 2 bridgehead atoms. The number of nitrogens with zero attached hydrogens (tertiary/aromatic N) is 2. The van der Waals surface area contributed by atoms with Gasteiger partial charge >= 0.3 is 0 Å². The first-order chi connectivity index (χ1) is 15.1. The lowest BCUT2D eigenvalue weighted by atomic mass is 9.96. The van der Waals surface area contributed by atoms with Gasteiger partial charge in [-0.2, -0.15) is 0 Å². The fraction of sp³-hybridized carbons (Fsp3) is 0.240. The Bertz CT molecular complexity index is 1660. The van der Waals surface area contributed by atoms with Gasteiger partial charge in [-0.3, -0.25) is 4.79 Å². The van der Waals surface area contributed by atoms with E-state index in [-0.39, 0.29) is 12.1 Å². The minimum absolute atomic E-state index is 0.0149. The first-order valence-electron chi connectivity index (χ1n) is 10.7. The molecule has 0 saturated carbocycles. The van der Waals surface area contributed by atoms with Crippen LogP contribution in [0.25, 0.3) is 43.6 Å². The number of para-hydroxylation sites is 2. The summed E-state index contributed by atoms with van der Waals surface area (Å²) in [5.41, 5.74) is 4.96. The number of carbonyl (C=O) groups excluding carboxylic acids is 1. The number of hydrogen-bond acceptors (Lipinski definition) is 3. The quantitative estimate of drug-likeness (QED) is 0.400. The molecule has 152 valence electrons. The van der Waals surface area contributed by atoms with Gasteiger partial charge in [0.2, 0.25) is 0 Å². The van der Waals surface area contributed by atoms with Crippen molar-refractivity contribution in [3.8, 4) is 0 Å². The highest BCUT2D eigenvalue weighted by molar-refractivity contribution is 6.30. The molecule has 2 N–H and O–H groups in total. The molecule has 1 saturated heterocycles. The summed E-state index contributed by atoms with van der Waals surface area (Å²) in [4.78, 5) is 13.1. The molecule has 1 fully saturated rings.